The smallest absolute Gasteiger partial charge is 0.119 e. The van der Waals surface area contributed by atoms with Crippen LogP contribution in [0.3, 0.4) is 0 Å². The Balaban J connectivity index is 1.76. The van der Waals surface area contributed by atoms with E-state index in [9.17, 15) is 0 Å². The number of nitrogens with zero attached hydrogens (tertiary/aromatic N) is 3. The van der Waals surface area contributed by atoms with Crippen molar-refractivity contribution in [3.8, 4) is 11.8 Å². The summed E-state index contributed by atoms with van der Waals surface area (Å²) in [5.74, 6) is 0.942. The molecular formula is C16H23N3O. The highest BCUT2D eigenvalue weighted by atomic mass is 16.5. The minimum Gasteiger partial charge on any atom is -0.494 e. The normalized spacial score (nSPS) is 16.8. The van der Waals surface area contributed by atoms with Crippen LogP contribution in [0, 0.1) is 11.3 Å². The molecule has 1 fully saturated rings. The lowest BCUT2D eigenvalue weighted by molar-refractivity contribution is 0.129. The molecule has 2 rings (SSSR count). The van der Waals surface area contributed by atoms with E-state index in [2.05, 4.69) is 28.0 Å². The molecule has 0 unspecified atom stereocenters. The van der Waals surface area contributed by atoms with Crippen molar-refractivity contribution in [2.75, 3.05) is 39.3 Å². The van der Waals surface area contributed by atoms with Crippen LogP contribution < -0.4 is 4.74 Å². The van der Waals surface area contributed by atoms with Gasteiger partial charge in [-0.05, 0) is 24.6 Å². The van der Waals surface area contributed by atoms with Gasteiger partial charge in [0.1, 0.15) is 5.75 Å². The average molecular weight is 273 g/mol. The van der Waals surface area contributed by atoms with Crippen molar-refractivity contribution in [3.63, 3.8) is 0 Å². The van der Waals surface area contributed by atoms with E-state index in [1.54, 1.807) is 0 Å². The Morgan fingerprint density at radius 3 is 2.35 bits per heavy atom. The number of ether oxygens (including phenoxy) is 1. The second-order valence-corrected chi connectivity index (χ2v) is 5.10. The van der Waals surface area contributed by atoms with Gasteiger partial charge in [-0.2, -0.15) is 5.26 Å². The molecule has 1 aliphatic heterocycles. The minimum atomic E-state index is 0.638. The van der Waals surface area contributed by atoms with Crippen LogP contribution in [0.1, 0.15) is 18.9 Å². The molecule has 20 heavy (non-hydrogen) atoms. The van der Waals surface area contributed by atoms with Crippen molar-refractivity contribution < 1.29 is 4.74 Å². The molecule has 1 aliphatic rings. The fourth-order valence-electron chi connectivity index (χ4n) is 2.50. The van der Waals surface area contributed by atoms with Crippen LogP contribution in [0.2, 0.25) is 0 Å². The first-order valence-electron chi connectivity index (χ1n) is 7.35. The van der Waals surface area contributed by atoms with Gasteiger partial charge in [0, 0.05) is 45.7 Å². The molecule has 1 aromatic rings. The van der Waals surface area contributed by atoms with Crippen LogP contribution in [0.4, 0.5) is 0 Å². The fourth-order valence-corrected chi connectivity index (χ4v) is 2.50. The highest BCUT2D eigenvalue weighted by molar-refractivity contribution is 5.27. The SMILES string of the molecule is CCOc1ccc(CN2CCN(CCC#N)CC2)cc1. The quantitative estimate of drug-likeness (QED) is 0.796. The average Bonchev–Trinajstić information content (AvgIpc) is 2.49. The standard InChI is InChI=1S/C16H23N3O/c1-2-20-16-6-4-15(5-7-16)14-19-12-10-18(11-13-19)9-3-8-17/h4-7H,2-3,9-14H2,1H3. The summed E-state index contributed by atoms with van der Waals surface area (Å²) in [7, 11) is 0. The van der Waals surface area contributed by atoms with E-state index in [1.165, 1.54) is 5.56 Å². The first kappa shape index (κ1) is 14.8. The number of hydrogen-bond donors (Lipinski definition) is 0. The lowest BCUT2D eigenvalue weighted by atomic mass is 10.2. The summed E-state index contributed by atoms with van der Waals surface area (Å²) in [6.45, 7) is 8.92. The monoisotopic (exact) mass is 273 g/mol. The molecule has 1 heterocycles. The van der Waals surface area contributed by atoms with Crippen molar-refractivity contribution in [2.24, 2.45) is 0 Å². The molecule has 1 saturated heterocycles. The molecule has 1 aromatic carbocycles. The molecule has 0 N–H and O–H groups in total. The number of benzene rings is 1. The summed E-state index contributed by atoms with van der Waals surface area (Å²) in [5, 5.41) is 8.61. The summed E-state index contributed by atoms with van der Waals surface area (Å²) in [6.07, 6.45) is 0.638. The number of piperazine rings is 1. The van der Waals surface area contributed by atoms with Crippen molar-refractivity contribution in [1.82, 2.24) is 9.80 Å². The van der Waals surface area contributed by atoms with Crippen molar-refractivity contribution >= 4 is 0 Å². The second kappa shape index (κ2) is 7.88. The van der Waals surface area contributed by atoms with Crippen LogP contribution in [-0.4, -0.2) is 49.1 Å². The van der Waals surface area contributed by atoms with Crippen LogP contribution in [0.5, 0.6) is 5.75 Å². The Morgan fingerprint density at radius 1 is 1.10 bits per heavy atom. The van der Waals surface area contributed by atoms with Gasteiger partial charge in [-0.25, -0.2) is 0 Å². The topological polar surface area (TPSA) is 39.5 Å². The van der Waals surface area contributed by atoms with E-state index in [0.29, 0.717) is 13.0 Å². The van der Waals surface area contributed by atoms with Crippen molar-refractivity contribution in [2.45, 2.75) is 19.9 Å². The molecule has 108 valence electrons. The predicted molar refractivity (Wildman–Crippen MR) is 79.6 cm³/mol. The van der Waals surface area contributed by atoms with Gasteiger partial charge in [-0.3, -0.25) is 9.80 Å². The Morgan fingerprint density at radius 2 is 1.75 bits per heavy atom. The Kier molecular flexibility index (Phi) is 5.85. The molecule has 0 bridgehead atoms. The fraction of sp³-hybridized carbons (Fsp3) is 0.562. The van der Waals surface area contributed by atoms with Gasteiger partial charge in [0.25, 0.3) is 0 Å². The first-order chi connectivity index (χ1) is 9.81. The van der Waals surface area contributed by atoms with Crippen molar-refractivity contribution in [3.05, 3.63) is 29.8 Å². The molecule has 4 heteroatoms. The molecule has 0 aliphatic carbocycles. The number of nitriles is 1. The lowest BCUT2D eigenvalue weighted by Crippen LogP contribution is -2.46. The van der Waals surface area contributed by atoms with E-state index >= 15 is 0 Å². The van der Waals surface area contributed by atoms with Gasteiger partial charge >= 0.3 is 0 Å². The third-order valence-corrected chi connectivity index (χ3v) is 3.65. The van der Waals surface area contributed by atoms with Gasteiger partial charge < -0.3 is 4.74 Å². The maximum absolute atomic E-state index is 8.61. The van der Waals surface area contributed by atoms with Gasteiger partial charge in [-0.15, -0.1) is 0 Å². The van der Waals surface area contributed by atoms with Gasteiger partial charge in [0.2, 0.25) is 0 Å². The molecule has 0 amide bonds. The Hall–Kier alpha value is -1.57. The minimum absolute atomic E-state index is 0.638. The first-order valence-corrected chi connectivity index (χ1v) is 7.35. The summed E-state index contributed by atoms with van der Waals surface area (Å²) >= 11 is 0. The largest absolute Gasteiger partial charge is 0.494 e. The molecule has 4 nitrogen and oxygen atoms in total. The second-order valence-electron chi connectivity index (χ2n) is 5.10. The van der Waals surface area contributed by atoms with E-state index in [-0.39, 0.29) is 0 Å². The van der Waals surface area contributed by atoms with Crippen molar-refractivity contribution in [1.29, 1.82) is 5.26 Å². The zero-order chi connectivity index (χ0) is 14.2. The highest BCUT2D eigenvalue weighted by Crippen LogP contribution is 2.14. The van der Waals surface area contributed by atoms with Crippen LogP contribution in [0.15, 0.2) is 24.3 Å². The van der Waals surface area contributed by atoms with Crippen LogP contribution in [-0.2, 0) is 6.54 Å². The number of rotatable bonds is 6. The zero-order valence-corrected chi connectivity index (χ0v) is 12.2. The molecule has 0 radical (unpaired) electrons. The van der Waals surface area contributed by atoms with E-state index in [1.807, 2.05) is 19.1 Å². The third kappa shape index (κ3) is 4.52. The van der Waals surface area contributed by atoms with Crippen LogP contribution >= 0.6 is 0 Å². The van der Waals surface area contributed by atoms with Gasteiger partial charge in [-0.1, -0.05) is 12.1 Å². The van der Waals surface area contributed by atoms with Gasteiger partial charge in [0.05, 0.1) is 12.7 Å². The molecule has 0 saturated carbocycles. The molecule has 0 spiro atoms. The Labute approximate surface area is 121 Å². The maximum atomic E-state index is 8.61. The van der Waals surface area contributed by atoms with Gasteiger partial charge in [0.15, 0.2) is 0 Å². The zero-order valence-electron chi connectivity index (χ0n) is 12.2. The van der Waals surface area contributed by atoms with Crippen LogP contribution in [0.25, 0.3) is 0 Å². The van der Waals surface area contributed by atoms with E-state index in [4.69, 9.17) is 10.00 Å². The maximum Gasteiger partial charge on any atom is 0.119 e. The lowest BCUT2D eigenvalue weighted by Gasteiger charge is -2.34. The Bertz CT molecular complexity index is 430. The molecular weight excluding hydrogens is 250 g/mol. The van der Waals surface area contributed by atoms with E-state index in [0.717, 1.165) is 45.0 Å². The van der Waals surface area contributed by atoms with E-state index < -0.39 is 0 Å². The molecule has 0 atom stereocenters. The summed E-state index contributed by atoms with van der Waals surface area (Å²) in [6, 6.07) is 10.6. The summed E-state index contributed by atoms with van der Waals surface area (Å²) < 4.78 is 5.46. The predicted octanol–water partition coefficient (Wildman–Crippen LogP) is 2.12. The summed E-state index contributed by atoms with van der Waals surface area (Å²) in [5.41, 5.74) is 1.33. The summed E-state index contributed by atoms with van der Waals surface area (Å²) in [4.78, 5) is 4.84. The third-order valence-electron chi connectivity index (χ3n) is 3.65. The number of hydrogen-bond acceptors (Lipinski definition) is 4. The highest BCUT2D eigenvalue weighted by Gasteiger charge is 2.16. The molecule has 0 aromatic heterocycles.